The highest BCUT2D eigenvalue weighted by molar-refractivity contribution is 8.93. The van der Waals surface area contributed by atoms with Gasteiger partial charge in [-0.25, -0.2) is 21.9 Å². The zero-order chi connectivity index (χ0) is 23.9. The Balaban J connectivity index is 0.00000544. The summed E-state index contributed by atoms with van der Waals surface area (Å²) in [4.78, 5) is 14.7. The molecule has 1 aromatic heterocycles. The van der Waals surface area contributed by atoms with Gasteiger partial charge in [0.05, 0.1) is 18.5 Å². The van der Waals surface area contributed by atoms with Gasteiger partial charge in [-0.3, -0.25) is 9.79 Å². The maximum absolute atomic E-state index is 13.8. The fourth-order valence-corrected chi connectivity index (χ4v) is 3.66. The minimum atomic E-state index is -3.46. The molecule has 0 spiro atoms. The summed E-state index contributed by atoms with van der Waals surface area (Å²) in [6, 6.07) is 3.99. The summed E-state index contributed by atoms with van der Waals surface area (Å²) in [5.74, 6) is -1.58. The maximum atomic E-state index is 13.8. The number of alkyl halides is 3. The number of aromatic nitrogens is 2. The number of nitrogens with zero attached hydrogens (tertiary/aromatic N) is 3. The second-order valence-electron chi connectivity index (χ2n) is 7.16. The first-order valence-electron chi connectivity index (χ1n) is 9.60. The molecular weight excluding hydrogens is 564 g/mol. The molecule has 8 nitrogen and oxygen atoms in total. The van der Waals surface area contributed by atoms with Crippen molar-refractivity contribution in [3.63, 3.8) is 0 Å². The predicted octanol–water partition coefficient (Wildman–Crippen LogP) is 2.26. The topological polar surface area (TPSA) is 105 Å². The highest BCUT2D eigenvalue weighted by Crippen LogP contribution is 2.27. The second kappa shape index (κ2) is 13.3. The Kier molecular flexibility index (Phi) is 11.8. The minimum absolute atomic E-state index is 0. The zero-order valence-corrected chi connectivity index (χ0v) is 22.0. The van der Waals surface area contributed by atoms with Gasteiger partial charge in [-0.1, -0.05) is 35.3 Å². The van der Waals surface area contributed by atoms with E-state index in [1.54, 1.807) is 0 Å². The minimum Gasteiger partial charge on any atom is -0.860 e. The lowest BCUT2D eigenvalue weighted by molar-refractivity contribution is -0.671. The summed E-state index contributed by atoms with van der Waals surface area (Å²) in [5.41, 5.74) is 0.281. The zero-order valence-electron chi connectivity index (χ0n) is 17.9. The number of halogens is 4. The molecule has 184 valence electrons. The van der Waals surface area contributed by atoms with Gasteiger partial charge in [0, 0.05) is 12.7 Å². The third-order valence-corrected chi connectivity index (χ3v) is 6.01. The van der Waals surface area contributed by atoms with Gasteiger partial charge in [-0.15, -0.1) is 17.0 Å². The third kappa shape index (κ3) is 9.23. The molecule has 0 aliphatic rings. The smallest absolute Gasteiger partial charge is 0.306 e. The van der Waals surface area contributed by atoms with Gasteiger partial charge in [-0.05, 0) is 30.0 Å². The Morgan fingerprint density at radius 1 is 1.30 bits per heavy atom. The van der Waals surface area contributed by atoms with Gasteiger partial charge >= 0.3 is 5.97 Å². The lowest BCUT2D eigenvalue weighted by Crippen LogP contribution is -2.32. The molecule has 2 rings (SSSR count). The van der Waals surface area contributed by atoms with Crippen LogP contribution in [0.2, 0.25) is 0 Å². The van der Waals surface area contributed by atoms with Crippen LogP contribution in [0.25, 0.3) is 0 Å². The Morgan fingerprint density at radius 3 is 2.42 bits per heavy atom. The van der Waals surface area contributed by atoms with Gasteiger partial charge in [0.1, 0.15) is 29.9 Å². The number of carbonyl (C=O) groups is 1. The van der Waals surface area contributed by atoms with E-state index < -0.39 is 45.4 Å². The Morgan fingerprint density at radius 2 is 1.94 bits per heavy atom. The van der Waals surface area contributed by atoms with Crippen molar-refractivity contribution in [3.8, 4) is 0 Å². The molecule has 0 aliphatic carbocycles. The van der Waals surface area contributed by atoms with Crippen molar-refractivity contribution in [2.75, 3.05) is 12.9 Å². The van der Waals surface area contributed by atoms with Crippen molar-refractivity contribution >= 4 is 61.9 Å². The number of esters is 1. The quantitative estimate of drug-likeness (QED) is 0.132. The van der Waals surface area contributed by atoms with E-state index in [0.29, 0.717) is 13.0 Å². The number of aryl methyl sites for hydroxylation is 2. The summed E-state index contributed by atoms with van der Waals surface area (Å²) in [5, 5.41) is 11.8. The number of hydrogen-bond donors (Lipinski definition) is 0. The van der Waals surface area contributed by atoms with E-state index in [9.17, 15) is 22.7 Å². The Hall–Kier alpha value is -1.69. The lowest BCUT2D eigenvalue weighted by atomic mass is 10.0. The number of carbonyl (C=O) groups excluding carboxylic acids is 1. The highest BCUT2D eigenvalue weighted by atomic mass is 79.9. The summed E-state index contributed by atoms with van der Waals surface area (Å²) in [7, 11) is -1.59. The van der Waals surface area contributed by atoms with Crippen LogP contribution in [-0.2, 0) is 33.0 Å². The molecule has 2 aromatic rings. The molecule has 0 saturated carbocycles. The summed E-state index contributed by atoms with van der Waals surface area (Å²) in [6.45, 7) is -0.558. The van der Waals surface area contributed by atoms with Gasteiger partial charge in [0.2, 0.25) is 6.33 Å². The van der Waals surface area contributed by atoms with E-state index >= 15 is 0 Å². The molecule has 0 unspecified atom stereocenters. The van der Waals surface area contributed by atoms with Crippen molar-refractivity contribution in [2.45, 2.75) is 41.3 Å². The molecular formula is C20H25BrCl2FN3O5S. The first-order valence-corrected chi connectivity index (χ1v) is 12.4. The molecule has 13 heteroatoms. The van der Waals surface area contributed by atoms with Crippen LogP contribution in [-0.4, -0.2) is 48.7 Å². The lowest BCUT2D eigenvalue weighted by Gasteiger charge is -2.25. The fourth-order valence-electron chi connectivity index (χ4n) is 2.92. The van der Waals surface area contributed by atoms with E-state index in [-0.39, 0.29) is 33.9 Å². The van der Waals surface area contributed by atoms with E-state index in [1.165, 1.54) is 24.3 Å². The molecule has 0 fully saturated rings. The van der Waals surface area contributed by atoms with Crippen LogP contribution in [0.4, 0.5) is 4.39 Å². The number of rotatable bonds is 11. The number of sulfone groups is 1. The molecule has 0 bridgehead atoms. The third-order valence-electron chi connectivity index (χ3n) is 4.50. The summed E-state index contributed by atoms with van der Waals surface area (Å²) < 4.78 is 46.4. The highest BCUT2D eigenvalue weighted by Gasteiger charge is 2.27. The molecule has 0 N–H and O–H groups in total. The number of hydrogen-bond acceptors (Lipinski definition) is 6. The second-order valence-corrected chi connectivity index (χ2v) is 10.3. The first-order chi connectivity index (χ1) is 15.0. The largest absolute Gasteiger partial charge is 0.860 e. The van der Waals surface area contributed by atoms with Crippen LogP contribution in [0.5, 0.6) is 0 Å². The molecule has 0 amide bonds. The van der Waals surface area contributed by atoms with Gasteiger partial charge < -0.3 is 9.84 Å². The van der Waals surface area contributed by atoms with Crippen LogP contribution >= 0.6 is 40.2 Å². The van der Waals surface area contributed by atoms with E-state index in [4.69, 9.17) is 27.9 Å². The van der Waals surface area contributed by atoms with Crippen LogP contribution in [0.15, 0.2) is 52.9 Å². The summed E-state index contributed by atoms with van der Waals surface area (Å²) in [6.07, 6.45) is 5.87. The molecule has 0 aliphatic heterocycles. The monoisotopic (exact) mass is 587 g/mol. The normalized spacial score (nSPS) is 13.9. The van der Waals surface area contributed by atoms with E-state index in [0.717, 1.165) is 6.26 Å². The Bertz CT molecular complexity index is 1050. The van der Waals surface area contributed by atoms with Gasteiger partial charge in [0.25, 0.3) is 0 Å². The Labute approximate surface area is 212 Å². The maximum Gasteiger partial charge on any atom is 0.306 e. The van der Waals surface area contributed by atoms with Crippen LogP contribution < -0.4 is 9.67 Å². The number of ether oxygens (including phenoxy) is 1. The number of benzene rings is 1. The predicted molar refractivity (Wildman–Crippen MR) is 126 cm³/mol. The average molecular weight is 589 g/mol. The molecule has 1 aromatic carbocycles. The van der Waals surface area contributed by atoms with Gasteiger partial charge in [-0.2, -0.15) is 0 Å². The van der Waals surface area contributed by atoms with Crippen molar-refractivity contribution in [3.05, 3.63) is 48.5 Å². The van der Waals surface area contributed by atoms with Crippen molar-refractivity contribution in [1.82, 2.24) is 4.57 Å². The van der Waals surface area contributed by atoms with Crippen molar-refractivity contribution < 1.29 is 32.0 Å². The standard InChI is InChI=1S/C20H24Cl2FN3O5S.BrH/c1-25-10-11-26(13-25)9-3-4-17(27)31-18(16(12-23)24-20(28)19(21)22)14-5-7-15(8-6-14)32(2,29)30;/h5-8,10-11,13,16,18-19H,3-4,9,12H2,1-2H3;1H/t16-,18-;/m1./s1. The van der Waals surface area contributed by atoms with E-state index in [1.807, 2.05) is 34.9 Å². The van der Waals surface area contributed by atoms with Crippen LogP contribution in [0.3, 0.4) is 0 Å². The van der Waals surface area contributed by atoms with Crippen LogP contribution in [0, 0.1) is 0 Å². The molecule has 2 atom stereocenters. The summed E-state index contributed by atoms with van der Waals surface area (Å²) >= 11 is 11.0. The number of imidazole rings is 1. The fraction of sp³-hybridized carbons (Fsp3) is 0.450. The molecule has 1 heterocycles. The van der Waals surface area contributed by atoms with Gasteiger partial charge in [0.15, 0.2) is 15.9 Å². The average Bonchev–Trinajstić information content (AvgIpc) is 3.14. The van der Waals surface area contributed by atoms with E-state index in [2.05, 4.69) is 4.99 Å². The van der Waals surface area contributed by atoms with Crippen LogP contribution in [0.1, 0.15) is 24.5 Å². The first kappa shape index (κ1) is 29.3. The van der Waals surface area contributed by atoms with Crippen molar-refractivity contribution in [2.24, 2.45) is 12.0 Å². The number of aliphatic imine (C=N–C) groups is 1. The molecule has 0 saturated heterocycles. The SMILES string of the molecule is Br.C[n+]1ccn(CCCC(=O)O[C@H](c2ccc(S(C)(=O)=O)cc2)[C@@H](CF)N=C([O-])C(Cl)Cl)c1. The van der Waals surface area contributed by atoms with Crippen molar-refractivity contribution in [1.29, 1.82) is 0 Å². The molecule has 0 radical (unpaired) electrons. The molecule has 33 heavy (non-hydrogen) atoms.